The Bertz CT molecular complexity index is 1740. The van der Waals surface area contributed by atoms with Gasteiger partial charge in [-0.15, -0.1) is 12.4 Å². The Morgan fingerprint density at radius 2 is 1.84 bits per heavy atom. The fraction of sp³-hybridized carbons (Fsp3) is 0.367. The van der Waals surface area contributed by atoms with Crippen molar-refractivity contribution in [3.8, 4) is 22.9 Å². The Kier molecular flexibility index (Phi) is 10.2. The van der Waals surface area contributed by atoms with Crippen LogP contribution in [0, 0.1) is 18.7 Å². The number of hydrogen-bond acceptors (Lipinski definition) is 8. The lowest BCUT2D eigenvalue weighted by Gasteiger charge is -2.28. The molecule has 2 atom stereocenters. The van der Waals surface area contributed by atoms with Gasteiger partial charge in [0.25, 0.3) is 0 Å². The van der Waals surface area contributed by atoms with Crippen molar-refractivity contribution in [3.63, 3.8) is 0 Å². The Morgan fingerprint density at radius 3 is 2.59 bits per heavy atom. The summed E-state index contributed by atoms with van der Waals surface area (Å²) >= 11 is 0. The van der Waals surface area contributed by atoms with Crippen molar-refractivity contribution in [2.24, 2.45) is 5.92 Å². The second-order valence-electron chi connectivity index (χ2n) is 11.0. The second kappa shape index (κ2) is 13.5. The van der Waals surface area contributed by atoms with Crippen molar-refractivity contribution in [2.75, 3.05) is 28.9 Å². The molecule has 3 heterocycles. The fourth-order valence-corrected chi connectivity index (χ4v) is 6.26. The third-order valence-electron chi connectivity index (χ3n) is 7.17. The summed E-state index contributed by atoms with van der Waals surface area (Å²) in [6.07, 6.45) is 3.31. The number of pyridine rings is 1. The van der Waals surface area contributed by atoms with E-state index in [0.29, 0.717) is 46.7 Å². The van der Waals surface area contributed by atoms with Crippen LogP contribution in [0.25, 0.3) is 22.0 Å². The summed E-state index contributed by atoms with van der Waals surface area (Å²) in [5.41, 5.74) is 1.49. The van der Waals surface area contributed by atoms with Crippen LogP contribution in [-0.4, -0.2) is 54.2 Å². The van der Waals surface area contributed by atoms with Gasteiger partial charge in [0.2, 0.25) is 27.8 Å². The summed E-state index contributed by atoms with van der Waals surface area (Å²) in [5, 5.41) is 7.40. The molecule has 0 saturated carbocycles. The van der Waals surface area contributed by atoms with Crippen LogP contribution in [0.15, 0.2) is 54.9 Å². The highest BCUT2D eigenvalue weighted by Crippen LogP contribution is 2.40. The monoisotopic (exact) mass is 650 g/mol. The van der Waals surface area contributed by atoms with Crippen molar-refractivity contribution in [3.05, 3.63) is 66.2 Å². The molecule has 4 aromatic rings. The molecule has 1 fully saturated rings. The van der Waals surface area contributed by atoms with Crippen molar-refractivity contribution >= 4 is 44.8 Å². The smallest absolute Gasteiger partial charge is 0.246 e. The lowest BCUT2D eigenvalue weighted by Crippen LogP contribution is -2.42. The maximum absolute atomic E-state index is 14.9. The lowest BCUT2D eigenvalue weighted by molar-refractivity contribution is 0.0189. The summed E-state index contributed by atoms with van der Waals surface area (Å²) in [5.74, 6) is -3.34. The molecule has 2 aromatic heterocycles. The largest absolute Gasteiger partial charge is 0.437 e. The molecule has 3 N–H and O–H groups in total. The molecule has 0 amide bonds. The maximum atomic E-state index is 14.9. The average Bonchev–Trinajstić information content (AvgIpc) is 2.95. The third kappa shape index (κ3) is 8.07. The Morgan fingerprint density at radius 1 is 1.07 bits per heavy atom. The van der Waals surface area contributed by atoms with Crippen LogP contribution in [0.5, 0.6) is 11.6 Å². The summed E-state index contributed by atoms with van der Waals surface area (Å²) in [6.45, 7) is 6.39. The molecule has 44 heavy (non-hydrogen) atoms. The first-order chi connectivity index (χ1) is 20.4. The molecule has 0 bridgehead atoms. The van der Waals surface area contributed by atoms with Crippen LogP contribution in [0.2, 0.25) is 0 Å². The average molecular weight is 651 g/mol. The van der Waals surface area contributed by atoms with E-state index in [0.717, 1.165) is 25.6 Å². The summed E-state index contributed by atoms with van der Waals surface area (Å²) in [6, 6.07) is 11.3. The van der Waals surface area contributed by atoms with Gasteiger partial charge in [-0.3, -0.25) is 4.72 Å². The Balaban J connectivity index is 0.00000442. The van der Waals surface area contributed by atoms with Gasteiger partial charge in [0, 0.05) is 42.2 Å². The molecule has 0 aliphatic carbocycles. The minimum absolute atomic E-state index is 0. The van der Waals surface area contributed by atoms with E-state index in [4.69, 9.17) is 9.72 Å². The van der Waals surface area contributed by atoms with Gasteiger partial charge in [0.05, 0.1) is 22.7 Å². The fourth-order valence-electron chi connectivity index (χ4n) is 5.01. The normalized spacial score (nSPS) is 17.1. The highest BCUT2D eigenvalue weighted by molar-refractivity contribution is 7.92. The van der Waals surface area contributed by atoms with Gasteiger partial charge in [0.1, 0.15) is 11.6 Å². The van der Waals surface area contributed by atoms with Gasteiger partial charge in [-0.2, -0.15) is 0 Å². The molecular weight excluding hydrogens is 617 g/mol. The van der Waals surface area contributed by atoms with Gasteiger partial charge < -0.3 is 15.4 Å². The van der Waals surface area contributed by atoms with Crippen LogP contribution in [-0.2, 0) is 10.0 Å². The van der Waals surface area contributed by atoms with Gasteiger partial charge in [0.15, 0.2) is 0 Å². The Labute approximate surface area is 260 Å². The molecule has 5 rings (SSSR count). The number of benzene rings is 2. The molecule has 1 aliphatic heterocycles. The zero-order valence-corrected chi connectivity index (χ0v) is 26.0. The van der Waals surface area contributed by atoms with E-state index >= 15 is 0 Å². The summed E-state index contributed by atoms with van der Waals surface area (Å²) in [7, 11) is -4.27. The number of nitrogens with one attached hydrogen (secondary N) is 3. The summed E-state index contributed by atoms with van der Waals surface area (Å²) in [4.78, 5) is 13.5. The van der Waals surface area contributed by atoms with Gasteiger partial charge in [-0.25, -0.2) is 36.5 Å². The number of rotatable bonds is 10. The van der Waals surface area contributed by atoms with E-state index in [1.54, 1.807) is 43.6 Å². The molecule has 0 spiro atoms. The van der Waals surface area contributed by atoms with Crippen molar-refractivity contribution < 1.29 is 26.3 Å². The molecular formula is C30H34ClF3N6O3S. The van der Waals surface area contributed by atoms with E-state index in [2.05, 4.69) is 32.2 Å². The number of anilines is 2. The highest BCUT2D eigenvalue weighted by Gasteiger charge is 2.26. The zero-order chi connectivity index (χ0) is 30.8. The highest BCUT2D eigenvalue weighted by atomic mass is 35.5. The zero-order valence-electron chi connectivity index (χ0n) is 24.4. The van der Waals surface area contributed by atoms with Gasteiger partial charge in [-0.1, -0.05) is 19.1 Å². The first kappa shape index (κ1) is 33.2. The minimum Gasteiger partial charge on any atom is -0.437 e. The second-order valence-corrected chi connectivity index (χ2v) is 12.9. The van der Waals surface area contributed by atoms with Crippen LogP contribution >= 0.6 is 12.4 Å². The first-order valence-corrected chi connectivity index (χ1v) is 15.6. The maximum Gasteiger partial charge on any atom is 0.246 e. The number of alkyl halides is 2. The standard InChI is InChI=1S/C30H33F3N6O3S.ClH/c1-18-15-20(17-34-16-18)37-29-36-13-10-25(38-29)23-5-4-12-35-28(23)42-27-19(2)6-7-21-22(27)8-9-24(31)26(21)39-43(40,41)14-11-30(3,32)33;/h4-10,12-13,18,20,34,39H,11,14-17H2,1-3H3,(H,36,37,38);1H/t18-,20+;/m1./s1. The number of ether oxygens (including phenoxy) is 1. The topological polar surface area (TPSA) is 118 Å². The number of halogens is 4. The van der Waals surface area contributed by atoms with Crippen LogP contribution < -0.4 is 20.1 Å². The van der Waals surface area contributed by atoms with E-state index in [-0.39, 0.29) is 35.4 Å². The van der Waals surface area contributed by atoms with Crippen molar-refractivity contribution in [1.29, 1.82) is 0 Å². The first-order valence-electron chi connectivity index (χ1n) is 13.9. The molecule has 0 radical (unpaired) electrons. The molecule has 14 heteroatoms. The predicted octanol–water partition coefficient (Wildman–Crippen LogP) is 6.55. The van der Waals surface area contributed by atoms with E-state index in [9.17, 15) is 21.6 Å². The number of aromatic nitrogens is 3. The quantitative estimate of drug-likeness (QED) is 0.177. The van der Waals surface area contributed by atoms with E-state index in [1.165, 1.54) is 6.07 Å². The number of fused-ring (bicyclic) bond motifs is 1. The number of hydrogen-bond donors (Lipinski definition) is 3. The van der Waals surface area contributed by atoms with Crippen molar-refractivity contribution in [2.45, 2.75) is 45.6 Å². The molecule has 236 valence electrons. The van der Waals surface area contributed by atoms with Crippen LogP contribution in [0.3, 0.4) is 0 Å². The third-order valence-corrected chi connectivity index (χ3v) is 8.43. The van der Waals surface area contributed by atoms with Crippen molar-refractivity contribution in [1.82, 2.24) is 20.3 Å². The number of piperidine rings is 1. The lowest BCUT2D eigenvalue weighted by atomic mass is 9.98. The number of aryl methyl sites for hydroxylation is 1. The SMILES string of the molecule is Cc1ccc2c(NS(=O)(=O)CCC(C)(F)F)c(F)ccc2c1Oc1ncccc1-c1ccnc(N[C@@H]2CNC[C@H](C)C2)n1.Cl. The summed E-state index contributed by atoms with van der Waals surface area (Å²) < 4.78 is 75.2. The van der Waals surface area contributed by atoms with Crippen LogP contribution in [0.4, 0.5) is 24.8 Å². The predicted molar refractivity (Wildman–Crippen MR) is 168 cm³/mol. The van der Waals surface area contributed by atoms with Crippen LogP contribution in [0.1, 0.15) is 32.3 Å². The van der Waals surface area contributed by atoms with Gasteiger partial charge >= 0.3 is 0 Å². The molecule has 1 saturated heterocycles. The van der Waals surface area contributed by atoms with E-state index < -0.39 is 33.9 Å². The van der Waals surface area contributed by atoms with Gasteiger partial charge in [-0.05, 0) is 68.6 Å². The molecule has 2 aromatic carbocycles. The molecule has 1 aliphatic rings. The molecule has 0 unspecified atom stereocenters. The van der Waals surface area contributed by atoms with E-state index in [1.807, 2.05) is 6.07 Å². The number of nitrogens with zero attached hydrogens (tertiary/aromatic N) is 3. The minimum atomic E-state index is -4.27. The Hall–Kier alpha value is -3.68. The molecule has 9 nitrogen and oxygen atoms in total. The number of sulfonamides is 1.